The predicted molar refractivity (Wildman–Crippen MR) is 69.0 cm³/mol. The highest BCUT2D eigenvalue weighted by Gasteiger charge is 2.47. The van der Waals surface area contributed by atoms with Crippen molar-refractivity contribution in [2.45, 2.75) is 71.1 Å². The Balaban J connectivity index is 1.52. The van der Waals surface area contributed by atoms with Crippen LogP contribution < -0.4 is 0 Å². The molecule has 91 valence electrons. The van der Waals surface area contributed by atoms with E-state index < -0.39 is 0 Å². The Bertz CT molecular complexity index is 202. The van der Waals surface area contributed by atoms with Crippen molar-refractivity contribution in [3.63, 3.8) is 0 Å². The fourth-order valence-corrected chi connectivity index (χ4v) is 4.95. The average Bonchev–Trinajstić information content (AvgIpc) is 2.26. The van der Waals surface area contributed by atoms with E-state index in [0.29, 0.717) is 0 Å². The summed E-state index contributed by atoms with van der Waals surface area (Å²) >= 11 is 0. The molecule has 0 unspecified atom stereocenters. The van der Waals surface area contributed by atoms with Gasteiger partial charge < -0.3 is 0 Å². The smallest absolute Gasteiger partial charge is 0.0179 e. The third kappa shape index (κ3) is 2.05. The van der Waals surface area contributed by atoms with Crippen molar-refractivity contribution in [1.29, 1.82) is 0 Å². The Hall–Kier alpha value is 0. The summed E-state index contributed by atoms with van der Waals surface area (Å²) in [6, 6.07) is 0. The highest BCUT2D eigenvalue weighted by Crippen LogP contribution is 2.58. The van der Waals surface area contributed by atoms with E-state index in [0.717, 1.165) is 23.7 Å². The van der Waals surface area contributed by atoms with Crippen molar-refractivity contribution < 1.29 is 0 Å². The van der Waals surface area contributed by atoms with Crippen LogP contribution >= 0.6 is 0 Å². The summed E-state index contributed by atoms with van der Waals surface area (Å²) in [5, 5.41) is 0. The largest absolute Gasteiger partial charge is 0.0654 e. The molecule has 0 amide bonds. The molecule has 0 aromatic heterocycles. The third-order valence-corrected chi connectivity index (χ3v) is 5.51. The molecule has 0 aliphatic heterocycles. The first kappa shape index (κ1) is 11.1. The molecule has 0 spiro atoms. The second-order valence-electron chi connectivity index (χ2n) is 6.69. The molecule has 0 saturated heterocycles. The highest BCUT2D eigenvalue weighted by molar-refractivity contribution is 5.13. The van der Waals surface area contributed by atoms with Crippen molar-refractivity contribution in [3.05, 3.63) is 5.92 Å². The van der Waals surface area contributed by atoms with Gasteiger partial charge >= 0.3 is 0 Å². The zero-order valence-corrected chi connectivity index (χ0v) is 10.9. The van der Waals surface area contributed by atoms with Gasteiger partial charge in [0.25, 0.3) is 0 Å². The lowest BCUT2D eigenvalue weighted by atomic mass is 9.51. The molecule has 4 aliphatic rings. The lowest BCUT2D eigenvalue weighted by Gasteiger charge is -2.54. The molecule has 4 fully saturated rings. The molecular formula is C16H27. The lowest BCUT2D eigenvalue weighted by Crippen LogP contribution is -2.43. The second-order valence-corrected chi connectivity index (χ2v) is 6.69. The highest BCUT2D eigenvalue weighted by atomic mass is 14.5. The van der Waals surface area contributed by atoms with Gasteiger partial charge in [-0.3, -0.25) is 0 Å². The SMILES string of the molecule is CCCCCC[C]1C2CC3CC(C2)CC1C3. The van der Waals surface area contributed by atoms with E-state index in [1.54, 1.807) is 32.1 Å². The summed E-state index contributed by atoms with van der Waals surface area (Å²) in [4.78, 5) is 0. The minimum atomic E-state index is 1.08. The van der Waals surface area contributed by atoms with Gasteiger partial charge in [-0.05, 0) is 68.1 Å². The first-order valence-electron chi connectivity index (χ1n) is 7.72. The van der Waals surface area contributed by atoms with Gasteiger partial charge in [0, 0.05) is 0 Å². The third-order valence-electron chi connectivity index (χ3n) is 5.51. The minimum absolute atomic E-state index is 1.08. The molecule has 0 aromatic rings. The van der Waals surface area contributed by atoms with Crippen LogP contribution in [0.2, 0.25) is 0 Å². The summed E-state index contributed by atoms with van der Waals surface area (Å²) in [7, 11) is 0. The number of hydrogen-bond donors (Lipinski definition) is 0. The molecule has 0 N–H and O–H groups in total. The fourth-order valence-electron chi connectivity index (χ4n) is 4.95. The predicted octanol–water partition coefficient (Wildman–Crippen LogP) is 4.99. The summed E-state index contributed by atoms with van der Waals surface area (Å²) in [6.45, 7) is 2.32. The Labute approximate surface area is 101 Å². The van der Waals surface area contributed by atoms with E-state index >= 15 is 0 Å². The van der Waals surface area contributed by atoms with E-state index in [4.69, 9.17) is 0 Å². The van der Waals surface area contributed by atoms with E-state index in [9.17, 15) is 0 Å². The molecule has 1 radical (unpaired) electrons. The van der Waals surface area contributed by atoms with E-state index in [2.05, 4.69) is 6.92 Å². The van der Waals surface area contributed by atoms with Crippen LogP contribution in [-0.4, -0.2) is 0 Å². The molecule has 0 atom stereocenters. The lowest BCUT2D eigenvalue weighted by molar-refractivity contribution is 0.0368. The molecule has 4 rings (SSSR count). The molecule has 4 bridgehead atoms. The summed E-state index contributed by atoms with van der Waals surface area (Å²) in [5.74, 6) is 6.47. The molecule has 0 heterocycles. The molecule has 0 nitrogen and oxygen atoms in total. The average molecular weight is 219 g/mol. The topological polar surface area (TPSA) is 0 Å². The molecular weight excluding hydrogens is 192 g/mol. The van der Waals surface area contributed by atoms with Gasteiger partial charge in [0.2, 0.25) is 0 Å². The molecule has 16 heavy (non-hydrogen) atoms. The van der Waals surface area contributed by atoms with E-state index in [1.165, 1.54) is 32.1 Å². The van der Waals surface area contributed by atoms with Crippen molar-refractivity contribution in [2.75, 3.05) is 0 Å². The number of rotatable bonds is 5. The van der Waals surface area contributed by atoms with Crippen LogP contribution in [0, 0.1) is 29.6 Å². The fraction of sp³-hybridized carbons (Fsp3) is 0.938. The van der Waals surface area contributed by atoms with Gasteiger partial charge in [0.15, 0.2) is 0 Å². The van der Waals surface area contributed by atoms with Crippen molar-refractivity contribution in [3.8, 4) is 0 Å². The van der Waals surface area contributed by atoms with Gasteiger partial charge in [0.05, 0.1) is 0 Å². The maximum absolute atomic E-state index is 2.32. The van der Waals surface area contributed by atoms with Crippen molar-refractivity contribution in [1.82, 2.24) is 0 Å². The summed E-state index contributed by atoms with van der Waals surface area (Å²) in [6.07, 6.45) is 15.2. The first-order valence-corrected chi connectivity index (χ1v) is 7.72. The molecule has 4 saturated carbocycles. The first-order chi connectivity index (χ1) is 7.86. The Morgan fingerprint density at radius 3 is 2.00 bits per heavy atom. The second kappa shape index (κ2) is 4.70. The van der Waals surface area contributed by atoms with Crippen LogP contribution in [0.3, 0.4) is 0 Å². The summed E-state index contributed by atoms with van der Waals surface area (Å²) < 4.78 is 0. The van der Waals surface area contributed by atoms with Gasteiger partial charge in [0.1, 0.15) is 0 Å². The quantitative estimate of drug-likeness (QED) is 0.572. The maximum Gasteiger partial charge on any atom is -0.0179 e. The number of unbranched alkanes of at least 4 members (excludes halogenated alkanes) is 3. The van der Waals surface area contributed by atoms with E-state index in [-0.39, 0.29) is 0 Å². The monoisotopic (exact) mass is 219 g/mol. The van der Waals surface area contributed by atoms with Crippen LogP contribution in [0.4, 0.5) is 0 Å². The zero-order chi connectivity index (χ0) is 11.0. The van der Waals surface area contributed by atoms with Crippen molar-refractivity contribution in [2.24, 2.45) is 23.7 Å². The zero-order valence-electron chi connectivity index (χ0n) is 10.9. The molecule has 4 aliphatic carbocycles. The van der Waals surface area contributed by atoms with Gasteiger partial charge in [-0.2, -0.15) is 0 Å². The maximum atomic E-state index is 2.32. The normalized spacial score (nSPS) is 41.8. The van der Waals surface area contributed by atoms with Crippen LogP contribution in [0.25, 0.3) is 0 Å². The van der Waals surface area contributed by atoms with E-state index in [1.807, 2.05) is 5.92 Å². The van der Waals surface area contributed by atoms with Crippen LogP contribution in [0.1, 0.15) is 71.1 Å². The molecule has 0 aromatic carbocycles. The van der Waals surface area contributed by atoms with Gasteiger partial charge in [-0.15, -0.1) is 0 Å². The Kier molecular flexibility index (Phi) is 3.27. The Morgan fingerprint density at radius 1 is 0.812 bits per heavy atom. The van der Waals surface area contributed by atoms with Gasteiger partial charge in [-0.25, -0.2) is 0 Å². The molecule has 0 heteroatoms. The minimum Gasteiger partial charge on any atom is -0.0654 e. The van der Waals surface area contributed by atoms with Crippen molar-refractivity contribution >= 4 is 0 Å². The van der Waals surface area contributed by atoms with Crippen LogP contribution in [0.5, 0.6) is 0 Å². The number of hydrogen-bond acceptors (Lipinski definition) is 0. The summed E-state index contributed by atoms with van der Waals surface area (Å²) in [5.41, 5.74) is 0. The standard InChI is InChI=1S/C16H27/c1-2-3-4-5-6-16-14-8-12-7-13(10-14)11-15(16)9-12/h12-15H,2-11H2,1H3. The Morgan fingerprint density at radius 2 is 1.44 bits per heavy atom. The van der Waals surface area contributed by atoms with Crippen LogP contribution in [0.15, 0.2) is 0 Å². The van der Waals surface area contributed by atoms with Crippen LogP contribution in [-0.2, 0) is 0 Å². The van der Waals surface area contributed by atoms with Gasteiger partial charge in [-0.1, -0.05) is 32.6 Å².